The third kappa shape index (κ3) is 7.80. The molecule has 0 aliphatic rings. The van der Waals surface area contributed by atoms with E-state index < -0.39 is 0 Å². The summed E-state index contributed by atoms with van der Waals surface area (Å²) in [6.45, 7) is 3.24. The van der Waals surface area contributed by atoms with E-state index >= 15 is 0 Å². The summed E-state index contributed by atoms with van der Waals surface area (Å²) < 4.78 is 37.1. The molecule has 0 aliphatic heterocycles. The van der Waals surface area contributed by atoms with Crippen LogP contribution in [0.1, 0.15) is 5.56 Å². The molecule has 170 valence electrons. The van der Waals surface area contributed by atoms with Crippen molar-refractivity contribution in [2.24, 2.45) is 5.73 Å². The van der Waals surface area contributed by atoms with Crippen LogP contribution in [0.3, 0.4) is 0 Å². The van der Waals surface area contributed by atoms with Crippen LogP contribution in [-0.4, -0.2) is 54.5 Å². The molecule has 1 aromatic heterocycles. The molecule has 3 rings (SSSR count). The minimum Gasteiger partial charge on any atom is -0.378 e. The lowest BCUT2D eigenvalue weighted by atomic mass is 10.2. The van der Waals surface area contributed by atoms with Crippen molar-refractivity contribution < 1.29 is 18.3 Å². The number of ether oxygens (including phenoxy) is 2. The molecule has 0 atom stereocenters. The van der Waals surface area contributed by atoms with Gasteiger partial charge in [-0.15, -0.1) is 0 Å². The van der Waals surface area contributed by atoms with Gasteiger partial charge < -0.3 is 25.8 Å². The van der Waals surface area contributed by atoms with Crippen molar-refractivity contribution >= 4 is 11.9 Å². The Labute approximate surface area is 185 Å². The molecule has 0 spiro atoms. The van der Waals surface area contributed by atoms with E-state index in [-0.39, 0.29) is 11.6 Å². The molecule has 0 aliphatic carbocycles. The van der Waals surface area contributed by atoms with Gasteiger partial charge in [0, 0.05) is 25.2 Å². The molecule has 1 heterocycles. The Hall–Kier alpha value is -3.21. The van der Waals surface area contributed by atoms with E-state index in [9.17, 15) is 8.78 Å². The van der Waals surface area contributed by atoms with Crippen LogP contribution in [-0.2, 0) is 16.0 Å². The number of hydrogen-bond donors (Lipinski definition) is 3. The minimum absolute atomic E-state index is 0.299. The van der Waals surface area contributed by atoms with E-state index in [0.717, 1.165) is 5.56 Å². The number of halogens is 2. The second kappa shape index (κ2) is 12.6. The summed E-state index contributed by atoms with van der Waals surface area (Å²) in [5.74, 6) is 0.432. The lowest BCUT2D eigenvalue weighted by Crippen LogP contribution is -2.16. The van der Waals surface area contributed by atoms with E-state index in [1.807, 2.05) is 0 Å². The molecule has 0 bridgehead atoms. The van der Waals surface area contributed by atoms with Crippen molar-refractivity contribution in [3.63, 3.8) is 0 Å². The highest BCUT2D eigenvalue weighted by molar-refractivity contribution is 5.58. The van der Waals surface area contributed by atoms with Crippen LogP contribution >= 0.6 is 0 Å². The third-order valence-electron chi connectivity index (χ3n) is 4.27. The maximum Gasteiger partial charge on any atom is 0.228 e. The fourth-order valence-corrected chi connectivity index (χ4v) is 2.69. The lowest BCUT2D eigenvalue weighted by molar-refractivity contribution is 0.0547. The van der Waals surface area contributed by atoms with Crippen LogP contribution in [0.4, 0.5) is 20.7 Å². The summed E-state index contributed by atoms with van der Waals surface area (Å²) in [4.78, 5) is 13.2. The quantitative estimate of drug-likeness (QED) is 0.346. The Morgan fingerprint density at radius 3 is 1.97 bits per heavy atom. The van der Waals surface area contributed by atoms with Gasteiger partial charge in [0.15, 0.2) is 5.82 Å². The van der Waals surface area contributed by atoms with Crippen molar-refractivity contribution in [2.45, 2.75) is 6.54 Å². The summed E-state index contributed by atoms with van der Waals surface area (Å²) in [5.41, 5.74) is 6.87. The van der Waals surface area contributed by atoms with E-state index in [1.165, 1.54) is 24.3 Å². The number of nitrogens with zero attached hydrogens (tertiary/aromatic N) is 3. The molecular formula is C22H26F2N6O2. The molecular weight excluding hydrogens is 418 g/mol. The maximum atomic E-state index is 13.3. The molecule has 32 heavy (non-hydrogen) atoms. The standard InChI is InChI=1S/C22H26F2N6O2/c23-18-5-1-16(2-6-18)15-27-22-29-20(17-3-7-19(24)8-4-17)28-21(30-22)26-10-12-32-14-13-31-11-9-25/h1-8H,9-15,25H2,(H2,26,27,28,29,30). The highest BCUT2D eigenvalue weighted by Gasteiger charge is 2.09. The largest absolute Gasteiger partial charge is 0.378 e. The second-order valence-corrected chi connectivity index (χ2v) is 6.73. The average Bonchev–Trinajstić information content (AvgIpc) is 2.81. The van der Waals surface area contributed by atoms with Crippen molar-refractivity contribution in [2.75, 3.05) is 50.2 Å². The first-order valence-electron chi connectivity index (χ1n) is 10.2. The van der Waals surface area contributed by atoms with Gasteiger partial charge in [-0.05, 0) is 42.0 Å². The Balaban J connectivity index is 1.63. The normalized spacial score (nSPS) is 10.8. The zero-order chi connectivity index (χ0) is 22.6. The highest BCUT2D eigenvalue weighted by Crippen LogP contribution is 2.19. The fraction of sp³-hybridized carbons (Fsp3) is 0.318. The molecule has 0 saturated carbocycles. The predicted molar refractivity (Wildman–Crippen MR) is 118 cm³/mol. The molecule has 0 fully saturated rings. The summed E-state index contributed by atoms with van der Waals surface area (Å²) in [5, 5.41) is 6.22. The summed E-state index contributed by atoms with van der Waals surface area (Å²) in [7, 11) is 0. The topological polar surface area (TPSA) is 107 Å². The maximum absolute atomic E-state index is 13.3. The van der Waals surface area contributed by atoms with Crippen LogP contribution in [0.25, 0.3) is 11.4 Å². The Morgan fingerprint density at radius 1 is 0.719 bits per heavy atom. The van der Waals surface area contributed by atoms with Crippen LogP contribution in [0, 0.1) is 11.6 Å². The molecule has 0 saturated heterocycles. The fourth-order valence-electron chi connectivity index (χ4n) is 2.69. The minimum atomic E-state index is -0.344. The monoisotopic (exact) mass is 444 g/mol. The van der Waals surface area contributed by atoms with Crippen molar-refractivity contribution in [1.29, 1.82) is 0 Å². The van der Waals surface area contributed by atoms with Crippen molar-refractivity contribution in [1.82, 2.24) is 15.0 Å². The van der Waals surface area contributed by atoms with Gasteiger partial charge in [0.2, 0.25) is 11.9 Å². The van der Waals surface area contributed by atoms with Gasteiger partial charge in [-0.2, -0.15) is 15.0 Å². The first kappa shape index (κ1) is 23.5. The highest BCUT2D eigenvalue weighted by atomic mass is 19.1. The van der Waals surface area contributed by atoms with Gasteiger partial charge in [0.25, 0.3) is 0 Å². The molecule has 10 heteroatoms. The summed E-state index contributed by atoms with van der Waals surface area (Å²) in [6, 6.07) is 12.0. The molecule has 2 aromatic carbocycles. The number of benzene rings is 2. The van der Waals surface area contributed by atoms with E-state index in [2.05, 4.69) is 25.6 Å². The van der Waals surface area contributed by atoms with Gasteiger partial charge in [0.05, 0.1) is 26.4 Å². The molecule has 0 unspecified atom stereocenters. The Morgan fingerprint density at radius 2 is 1.31 bits per heavy atom. The zero-order valence-corrected chi connectivity index (χ0v) is 17.6. The smallest absolute Gasteiger partial charge is 0.228 e. The number of rotatable bonds is 13. The van der Waals surface area contributed by atoms with Crippen LogP contribution in [0.2, 0.25) is 0 Å². The molecule has 4 N–H and O–H groups in total. The number of aromatic nitrogens is 3. The molecule has 0 amide bonds. The second-order valence-electron chi connectivity index (χ2n) is 6.73. The van der Waals surface area contributed by atoms with Crippen LogP contribution in [0.15, 0.2) is 48.5 Å². The first-order chi connectivity index (χ1) is 15.6. The van der Waals surface area contributed by atoms with Crippen LogP contribution in [0.5, 0.6) is 0 Å². The zero-order valence-electron chi connectivity index (χ0n) is 17.6. The van der Waals surface area contributed by atoms with Gasteiger partial charge >= 0.3 is 0 Å². The molecule has 3 aromatic rings. The van der Waals surface area contributed by atoms with Crippen molar-refractivity contribution in [3.8, 4) is 11.4 Å². The number of nitrogens with two attached hydrogens (primary N) is 1. The number of nitrogens with one attached hydrogen (secondary N) is 2. The number of hydrogen-bond acceptors (Lipinski definition) is 8. The predicted octanol–water partition coefficient (Wildman–Crippen LogP) is 2.83. The number of anilines is 2. The molecule has 8 nitrogen and oxygen atoms in total. The van der Waals surface area contributed by atoms with Crippen LogP contribution < -0.4 is 16.4 Å². The Bertz CT molecular complexity index is 958. The van der Waals surface area contributed by atoms with Gasteiger partial charge in [0.1, 0.15) is 11.6 Å². The summed E-state index contributed by atoms with van der Waals surface area (Å²) in [6.07, 6.45) is 0. The summed E-state index contributed by atoms with van der Waals surface area (Å²) >= 11 is 0. The van der Waals surface area contributed by atoms with Crippen molar-refractivity contribution in [3.05, 3.63) is 65.7 Å². The Kier molecular flexibility index (Phi) is 9.23. The van der Waals surface area contributed by atoms with Gasteiger partial charge in [-0.1, -0.05) is 12.1 Å². The first-order valence-corrected chi connectivity index (χ1v) is 10.2. The third-order valence-corrected chi connectivity index (χ3v) is 4.27. The van der Waals surface area contributed by atoms with Gasteiger partial charge in [-0.25, -0.2) is 8.78 Å². The lowest BCUT2D eigenvalue weighted by Gasteiger charge is -2.11. The van der Waals surface area contributed by atoms with E-state index in [1.54, 1.807) is 24.3 Å². The van der Waals surface area contributed by atoms with E-state index in [4.69, 9.17) is 15.2 Å². The van der Waals surface area contributed by atoms with Gasteiger partial charge in [-0.3, -0.25) is 0 Å². The molecule has 0 radical (unpaired) electrons. The van der Waals surface area contributed by atoms with E-state index in [0.29, 0.717) is 69.3 Å². The SMILES string of the molecule is NCCOCCOCCNc1nc(NCc2ccc(F)cc2)nc(-c2ccc(F)cc2)n1. The average molecular weight is 444 g/mol.